The first-order valence-corrected chi connectivity index (χ1v) is 6.52. The largest absolute Gasteiger partial charge is 0.463 e. The molecule has 0 fully saturated rings. The minimum atomic E-state index is -0.236. The summed E-state index contributed by atoms with van der Waals surface area (Å²) in [6.45, 7) is 3.97. The van der Waals surface area contributed by atoms with Crippen LogP contribution in [0.25, 0.3) is 11.5 Å². The zero-order chi connectivity index (χ0) is 14.8. The smallest absolute Gasteiger partial charge is 0.258 e. The standard InChI is InChI=1S/C16H14N2O3/c1-10-5-6-12(8-11(10)2)16(19)17-15-9-13(18-21-15)14-4-3-7-20-14/h3-9H,1-2H3,(H,17,19). The van der Waals surface area contributed by atoms with Crippen LogP contribution in [0, 0.1) is 13.8 Å². The highest BCUT2D eigenvalue weighted by Gasteiger charge is 2.13. The molecule has 1 aromatic carbocycles. The van der Waals surface area contributed by atoms with Crippen molar-refractivity contribution < 1.29 is 13.7 Å². The van der Waals surface area contributed by atoms with Crippen LogP contribution in [0.3, 0.4) is 0 Å². The first kappa shape index (κ1) is 13.2. The van der Waals surface area contributed by atoms with E-state index in [1.165, 1.54) is 0 Å². The van der Waals surface area contributed by atoms with Gasteiger partial charge >= 0.3 is 0 Å². The number of rotatable bonds is 3. The topological polar surface area (TPSA) is 68.3 Å². The summed E-state index contributed by atoms with van der Waals surface area (Å²) < 4.78 is 10.3. The van der Waals surface area contributed by atoms with Gasteiger partial charge in [-0.1, -0.05) is 11.2 Å². The first-order chi connectivity index (χ1) is 10.1. The summed E-state index contributed by atoms with van der Waals surface area (Å²) in [7, 11) is 0. The molecule has 0 aliphatic rings. The zero-order valence-corrected chi connectivity index (χ0v) is 11.7. The highest BCUT2D eigenvalue weighted by molar-refractivity contribution is 6.03. The summed E-state index contributed by atoms with van der Waals surface area (Å²) in [5.74, 6) is 0.635. The maximum Gasteiger partial charge on any atom is 0.258 e. The first-order valence-electron chi connectivity index (χ1n) is 6.52. The Morgan fingerprint density at radius 3 is 2.71 bits per heavy atom. The molecule has 0 bridgehead atoms. The number of amides is 1. The fourth-order valence-electron chi connectivity index (χ4n) is 1.94. The number of hydrogen-bond acceptors (Lipinski definition) is 4. The van der Waals surface area contributed by atoms with Gasteiger partial charge in [0.15, 0.2) is 11.5 Å². The lowest BCUT2D eigenvalue weighted by atomic mass is 10.1. The van der Waals surface area contributed by atoms with Crippen LogP contribution in [-0.4, -0.2) is 11.1 Å². The summed E-state index contributed by atoms with van der Waals surface area (Å²) in [6, 6.07) is 10.7. The zero-order valence-electron chi connectivity index (χ0n) is 11.7. The van der Waals surface area contributed by atoms with Crippen LogP contribution in [0.2, 0.25) is 0 Å². The number of carbonyl (C=O) groups excluding carboxylic acids is 1. The molecule has 0 spiro atoms. The molecule has 106 valence electrons. The van der Waals surface area contributed by atoms with Gasteiger partial charge in [0.25, 0.3) is 5.91 Å². The summed E-state index contributed by atoms with van der Waals surface area (Å²) >= 11 is 0. The Bertz CT molecular complexity index is 773. The van der Waals surface area contributed by atoms with Gasteiger partial charge in [-0.15, -0.1) is 0 Å². The number of nitrogens with one attached hydrogen (secondary N) is 1. The van der Waals surface area contributed by atoms with Crippen molar-refractivity contribution in [3.8, 4) is 11.5 Å². The van der Waals surface area contributed by atoms with Crippen molar-refractivity contribution in [1.29, 1.82) is 0 Å². The molecule has 0 aliphatic heterocycles. The second kappa shape index (κ2) is 5.28. The Morgan fingerprint density at radius 2 is 2.00 bits per heavy atom. The van der Waals surface area contributed by atoms with E-state index in [9.17, 15) is 4.79 Å². The van der Waals surface area contributed by atoms with E-state index in [0.717, 1.165) is 11.1 Å². The molecule has 0 radical (unpaired) electrons. The van der Waals surface area contributed by atoms with Crippen molar-refractivity contribution in [3.63, 3.8) is 0 Å². The Balaban J connectivity index is 1.77. The molecular weight excluding hydrogens is 268 g/mol. The van der Waals surface area contributed by atoms with Crippen LogP contribution in [0.5, 0.6) is 0 Å². The molecule has 1 N–H and O–H groups in total. The molecular formula is C16H14N2O3. The molecule has 1 amide bonds. The number of furan rings is 1. The quantitative estimate of drug-likeness (QED) is 0.793. The van der Waals surface area contributed by atoms with E-state index in [4.69, 9.17) is 8.94 Å². The normalized spacial score (nSPS) is 10.6. The molecule has 3 aromatic rings. The van der Waals surface area contributed by atoms with E-state index in [2.05, 4.69) is 10.5 Å². The van der Waals surface area contributed by atoms with Crippen LogP contribution in [0.4, 0.5) is 5.88 Å². The third-order valence-electron chi connectivity index (χ3n) is 3.29. The fraction of sp³-hybridized carbons (Fsp3) is 0.125. The average molecular weight is 282 g/mol. The van der Waals surface area contributed by atoms with Crippen molar-refractivity contribution >= 4 is 11.8 Å². The third kappa shape index (κ3) is 2.72. The van der Waals surface area contributed by atoms with Gasteiger partial charge in [0.05, 0.1) is 6.26 Å². The van der Waals surface area contributed by atoms with E-state index in [0.29, 0.717) is 17.0 Å². The van der Waals surface area contributed by atoms with Crippen molar-refractivity contribution in [2.45, 2.75) is 13.8 Å². The third-order valence-corrected chi connectivity index (χ3v) is 3.29. The van der Waals surface area contributed by atoms with Gasteiger partial charge in [-0.3, -0.25) is 10.1 Å². The van der Waals surface area contributed by atoms with E-state index in [-0.39, 0.29) is 11.8 Å². The van der Waals surface area contributed by atoms with Crippen molar-refractivity contribution in [1.82, 2.24) is 5.16 Å². The van der Waals surface area contributed by atoms with Gasteiger partial charge in [-0.2, -0.15) is 0 Å². The Kier molecular flexibility index (Phi) is 3.31. The van der Waals surface area contributed by atoms with Crippen LogP contribution >= 0.6 is 0 Å². The van der Waals surface area contributed by atoms with Gasteiger partial charge in [-0.05, 0) is 49.2 Å². The molecule has 5 nitrogen and oxygen atoms in total. The SMILES string of the molecule is Cc1ccc(C(=O)Nc2cc(-c3ccco3)no2)cc1C. The number of aromatic nitrogens is 1. The molecule has 3 rings (SSSR count). The highest BCUT2D eigenvalue weighted by atomic mass is 16.5. The second-order valence-electron chi connectivity index (χ2n) is 4.81. The number of benzene rings is 1. The summed E-state index contributed by atoms with van der Waals surface area (Å²) in [5, 5.41) is 6.53. The van der Waals surface area contributed by atoms with Crippen molar-refractivity contribution in [3.05, 3.63) is 59.4 Å². The minimum Gasteiger partial charge on any atom is -0.463 e. The second-order valence-corrected chi connectivity index (χ2v) is 4.81. The van der Waals surface area contributed by atoms with Crippen LogP contribution < -0.4 is 5.32 Å². The summed E-state index contributed by atoms with van der Waals surface area (Å²) in [5.41, 5.74) is 3.33. The maximum atomic E-state index is 12.2. The van der Waals surface area contributed by atoms with Gasteiger partial charge in [0.1, 0.15) is 0 Å². The van der Waals surface area contributed by atoms with Gasteiger partial charge in [0, 0.05) is 11.6 Å². The maximum absolute atomic E-state index is 12.2. The van der Waals surface area contributed by atoms with Crippen molar-refractivity contribution in [2.24, 2.45) is 0 Å². The van der Waals surface area contributed by atoms with Crippen LogP contribution in [0.1, 0.15) is 21.5 Å². The van der Waals surface area contributed by atoms with E-state index in [1.807, 2.05) is 26.0 Å². The lowest BCUT2D eigenvalue weighted by Crippen LogP contribution is -2.11. The molecule has 2 heterocycles. The number of nitrogens with zero attached hydrogens (tertiary/aromatic N) is 1. The van der Waals surface area contributed by atoms with Gasteiger partial charge in [0.2, 0.25) is 5.88 Å². The Morgan fingerprint density at radius 1 is 1.14 bits per heavy atom. The summed E-state index contributed by atoms with van der Waals surface area (Å²) in [6.07, 6.45) is 1.55. The number of hydrogen-bond donors (Lipinski definition) is 1. The molecule has 0 saturated carbocycles. The monoisotopic (exact) mass is 282 g/mol. The molecule has 0 aliphatic carbocycles. The van der Waals surface area contributed by atoms with E-state index < -0.39 is 0 Å². The molecule has 0 saturated heterocycles. The predicted octanol–water partition coefficient (Wildman–Crippen LogP) is 3.80. The predicted molar refractivity (Wildman–Crippen MR) is 78.1 cm³/mol. The van der Waals surface area contributed by atoms with Crippen LogP contribution in [0.15, 0.2) is 51.6 Å². The highest BCUT2D eigenvalue weighted by Crippen LogP contribution is 2.22. The van der Waals surface area contributed by atoms with E-state index in [1.54, 1.807) is 30.5 Å². The molecule has 2 aromatic heterocycles. The molecule has 0 atom stereocenters. The fourth-order valence-corrected chi connectivity index (χ4v) is 1.94. The lowest BCUT2D eigenvalue weighted by Gasteiger charge is -2.04. The number of carbonyl (C=O) groups is 1. The number of anilines is 1. The summed E-state index contributed by atoms with van der Waals surface area (Å²) in [4.78, 5) is 12.2. The minimum absolute atomic E-state index is 0.236. The van der Waals surface area contributed by atoms with Gasteiger partial charge < -0.3 is 8.94 Å². The van der Waals surface area contributed by atoms with Gasteiger partial charge in [-0.25, -0.2) is 0 Å². The average Bonchev–Trinajstić information content (AvgIpc) is 3.12. The Labute approximate surface area is 121 Å². The molecule has 5 heteroatoms. The lowest BCUT2D eigenvalue weighted by molar-refractivity contribution is 0.102. The van der Waals surface area contributed by atoms with E-state index >= 15 is 0 Å². The number of aryl methyl sites for hydroxylation is 2. The van der Waals surface area contributed by atoms with Crippen molar-refractivity contribution in [2.75, 3.05) is 5.32 Å². The molecule has 21 heavy (non-hydrogen) atoms. The molecule has 0 unspecified atom stereocenters. The Hall–Kier alpha value is -2.82. The van der Waals surface area contributed by atoms with Crippen LogP contribution in [-0.2, 0) is 0 Å².